The van der Waals surface area contributed by atoms with Crippen LogP contribution in [0.3, 0.4) is 0 Å². The highest BCUT2D eigenvalue weighted by molar-refractivity contribution is 5.22. The summed E-state index contributed by atoms with van der Waals surface area (Å²) in [4.78, 5) is 4.18. The van der Waals surface area contributed by atoms with Crippen molar-refractivity contribution in [3.8, 4) is 0 Å². The highest BCUT2D eigenvalue weighted by Crippen LogP contribution is 2.29. The predicted molar refractivity (Wildman–Crippen MR) is 66.2 cm³/mol. The predicted octanol–water partition coefficient (Wildman–Crippen LogP) is 2.60. The molecule has 0 aliphatic heterocycles. The molecular formula is C13H22N2O. The highest BCUT2D eigenvalue weighted by Gasteiger charge is 2.31. The van der Waals surface area contributed by atoms with Crippen molar-refractivity contribution in [3.05, 3.63) is 29.6 Å². The van der Waals surface area contributed by atoms with E-state index in [0.717, 1.165) is 17.5 Å². The minimum Gasteiger partial charge on any atom is -0.374 e. The Morgan fingerprint density at radius 3 is 2.62 bits per heavy atom. The Bertz CT molecular complexity index is 340. The number of rotatable bonds is 5. The number of nitrogens with zero attached hydrogens (tertiary/aromatic N) is 1. The highest BCUT2D eigenvalue weighted by atomic mass is 16.5. The van der Waals surface area contributed by atoms with Gasteiger partial charge in [-0.2, -0.15) is 0 Å². The zero-order valence-electron chi connectivity index (χ0n) is 10.7. The minimum absolute atomic E-state index is 0.134. The van der Waals surface area contributed by atoms with E-state index in [2.05, 4.69) is 24.9 Å². The first-order valence-electron chi connectivity index (χ1n) is 5.84. The Morgan fingerprint density at radius 2 is 2.12 bits per heavy atom. The van der Waals surface area contributed by atoms with E-state index in [0.29, 0.717) is 6.61 Å². The standard InChI is InChI=1S/C13H22N2O/c1-5-13(4,16-6-2)12(14)11-7-10(3)8-15-9-11/h7-9,12H,5-6,14H2,1-4H3. The Morgan fingerprint density at radius 1 is 1.44 bits per heavy atom. The van der Waals surface area contributed by atoms with Crippen LogP contribution in [0.5, 0.6) is 0 Å². The average Bonchev–Trinajstić information content (AvgIpc) is 2.28. The third-order valence-electron chi connectivity index (χ3n) is 3.09. The van der Waals surface area contributed by atoms with Crippen LogP contribution in [-0.2, 0) is 4.74 Å². The van der Waals surface area contributed by atoms with Gasteiger partial charge < -0.3 is 10.5 Å². The van der Waals surface area contributed by atoms with Crippen molar-refractivity contribution < 1.29 is 4.74 Å². The summed E-state index contributed by atoms with van der Waals surface area (Å²) < 4.78 is 5.78. The van der Waals surface area contributed by atoms with Gasteiger partial charge in [0.05, 0.1) is 11.6 Å². The van der Waals surface area contributed by atoms with E-state index < -0.39 is 0 Å². The lowest BCUT2D eigenvalue weighted by Crippen LogP contribution is -2.40. The van der Waals surface area contributed by atoms with Crippen LogP contribution < -0.4 is 5.73 Å². The molecular weight excluding hydrogens is 200 g/mol. The first kappa shape index (κ1) is 13.1. The van der Waals surface area contributed by atoms with Gasteiger partial charge in [0.25, 0.3) is 0 Å². The fourth-order valence-corrected chi connectivity index (χ4v) is 1.84. The van der Waals surface area contributed by atoms with Crippen molar-refractivity contribution in [2.45, 2.75) is 45.8 Å². The van der Waals surface area contributed by atoms with Gasteiger partial charge in [0.2, 0.25) is 0 Å². The van der Waals surface area contributed by atoms with E-state index in [1.807, 2.05) is 26.2 Å². The Kier molecular flexibility index (Phi) is 4.44. The van der Waals surface area contributed by atoms with E-state index in [4.69, 9.17) is 10.5 Å². The van der Waals surface area contributed by atoms with Crippen LogP contribution in [0, 0.1) is 6.92 Å². The number of hydrogen-bond acceptors (Lipinski definition) is 3. The van der Waals surface area contributed by atoms with Gasteiger partial charge in [-0.25, -0.2) is 0 Å². The third kappa shape index (κ3) is 2.80. The second-order valence-corrected chi connectivity index (χ2v) is 4.37. The zero-order valence-corrected chi connectivity index (χ0v) is 10.7. The summed E-state index contributed by atoms with van der Waals surface area (Å²) in [6, 6.07) is 1.94. The van der Waals surface area contributed by atoms with Crippen LogP contribution in [-0.4, -0.2) is 17.2 Å². The lowest BCUT2D eigenvalue weighted by atomic mass is 9.89. The average molecular weight is 222 g/mol. The number of ether oxygens (including phenoxy) is 1. The Labute approximate surface area is 98.0 Å². The molecule has 0 aromatic carbocycles. The summed E-state index contributed by atoms with van der Waals surface area (Å²) in [5, 5.41) is 0. The van der Waals surface area contributed by atoms with E-state index in [9.17, 15) is 0 Å². The quantitative estimate of drug-likeness (QED) is 0.833. The van der Waals surface area contributed by atoms with Crippen LogP contribution in [0.2, 0.25) is 0 Å². The molecule has 1 heterocycles. The van der Waals surface area contributed by atoms with Gasteiger partial charge in [0.15, 0.2) is 0 Å². The van der Waals surface area contributed by atoms with Crippen molar-refractivity contribution in [3.63, 3.8) is 0 Å². The maximum atomic E-state index is 6.27. The minimum atomic E-state index is -0.315. The van der Waals surface area contributed by atoms with E-state index in [-0.39, 0.29) is 11.6 Å². The topological polar surface area (TPSA) is 48.1 Å². The summed E-state index contributed by atoms with van der Waals surface area (Å²) in [7, 11) is 0. The summed E-state index contributed by atoms with van der Waals surface area (Å²) in [6.07, 6.45) is 4.54. The number of hydrogen-bond donors (Lipinski definition) is 1. The Balaban J connectivity index is 2.94. The second kappa shape index (κ2) is 5.41. The van der Waals surface area contributed by atoms with Gasteiger partial charge in [-0.1, -0.05) is 13.0 Å². The van der Waals surface area contributed by atoms with Crippen LogP contribution >= 0.6 is 0 Å². The van der Waals surface area contributed by atoms with E-state index in [1.54, 1.807) is 0 Å². The van der Waals surface area contributed by atoms with E-state index in [1.165, 1.54) is 0 Å². The van der Waals surface area contributed by atoms with Gasteiger partial charge in [0.1, 0.15) is 0 Å². The molecule has 16 heavy (non-hydrogen) atoms. The molecule has 0 bridgehead atoms. The summed E-state index contributed by atoms with van der Waals surface area (Å²) in [6.45, 7) is 8.85. The van der Waals surface area contributed by atoms with Crippen molar-refractivity contribution in [2.24, 2.45) is 5.73 Å². The Hall–Kier alpha value is -0.930. The molecule has 3 heteroatoms. The van der Waals surface area contributed by atoms with Crippen LogP contribution in [0.1, 0.15) is 44.4 Å². The molecule has 2 unspecified atom stereocenters. The molecule has 90 valence electrons. The lowest BCUT2D eigenvalue weighted by molar-refractivity contribution is -0.0473. The van der Waals surface area contributed by atoms with Crippen LogP contribution in [0.4, 0.5) is 0 Å². The monoisotopic (exact) mass is 222 g/mol. The fourth-order valence-electron chi connectivity index (χ4n) is 1.84. The molecule has 2 atom stereocenters. The van der Waals surface area contributed by atoms with Gasteiger partial charge in [-0.05, 0) is 38.3 Å². The second-order valence-electron chi connectivity index (χ2n) is 4.37. The first-order valence-corrected chi connectivity index (χ1v) is 5.84. The summed E-state index contributed by atoms with van der Waals surface area (Å²) >= 11 is 0. The molecule has 0 saturated heterocycles. The number of aromatic nitrogens is 1. The van der Waals surface area contributed by atoms with Crippen LogP contribution in [0.15, 0.2) is 18.5 Å². The summed E-state index contributed by atoms with van der Waals surface area (Å²) in [5.41, 5.74) is 8.13. The molecule has 0 aliphatic rings. The maximum Gasteiger partial charge on any atom is 0.0844 e. The molecule has 0 aliphatic carbocycles. The molecule has 1 rings (SSSR count). The van der Waals surface area contributed by atoms with Crippen molar-refractivity contribution in [1.29, 1.82) is 0 Å². The van der Waals surface area contributed by atoms with Crippen molar-refractivity contribution >= 4 is 0 Å². The fraction of sp³-hybridized carbons (Fsp3) is 0.615. The lowest BCUT2D eigenvalue weighted by Gasteiger charge is -2.34. The first-order chi connectivity index (χ1) is 7.53. The smallest absolute Gasteiger partial charge is 0.0844 e. The molecule has 2 N–H and O–H groups in total. The molecule has 0 fully saturated rings. The molecule has 0 radical (unpaired) electrons. The van der Waals surface area contributed by atoms with Gasteiger partial charge >= 0.3 is 0 Å². The van der Waals surface area contributed by atoms with Gasteiger partial charge in [-0.3, -0.25) is 4.98 Å². The summed E-state index contributed by atoms with van der Waals surface area (Å²) in [5.74, 6) is 0. The maximum absolute atomic E-state index is 6.27. The molecule has 0 saturated carbocycles. The molecule has 1 aromatic heterocycles. The van der Waals surface area contributed by atoms with Crippen molar-refractivity contribution in [1.82, 2.24) is 4.98 Å². The third-order valence-corrected chi connectivity index (χ3v) is 3.09. The molecule has 0 spiro atoms. The molecule has 1 aromatic rings. The zero-order chi connectivity index (χ0) is 12.2. The van der Waals surface area contributed by atoms with Gasteiger partial charge in [0, 0.05) is 19.0 Å². The van der Waals surface area contributed by atoms with Gasteiger partial charge in [-0.15, -0.1) is 0 Å². The largest absolute Gasteiger partial charge is 0.374 e. The number of aryl methyl sites for hydroxylation is 1. The molecule has 3 nitrogen and oxygen atoms in total. The number of nitrogens with two attached hydrogens (primary N) is 1. The van der Waals surface area contributed by atoms with Crippen molar-refractivity contribution in [2.75, 3.05) is 6.61 Å². The van der Waals surface area contributed by atoms with E-state index >= 15 is 0 Å². The number of pyridine rings is 1. The SMILES string of the molecule is CCOC(C)(CC)C(N)c1cncc(C)c1. The van der Waals surface area contributed by atoms with Crippen LogP contribution in [0.25, 0.3) is 0 Å². The molecule has 0 amide bonds. The normalized spacial score (nSPS) is 16.8.